The highest BCUT2D eigenvalue weighted by atomic mass is 16.4. The molecule has 0 aliphatic carbocycles. The van der Waals surface area contributed by atoms with Crippen molar-refractivity contribution in [1.82, 2.24) is 5.32 Å². The largest absolute Gasteiger partial charge is 0.480 e. The minimum absolute atomic E-state index is 0.0647. The number of aryl methyl sites for hydroxylation is 1. The number of carboxylic acids is 1. The maximum Gasteiger partial charge on any atom is 0.328 e. The Morgan fingerprint density at radius 1 is 1.33 bits per heavy atom. The fraction of sp³-hybridized carbons (Fsp3) is 0.400. The van der Waals surface area contributed by atoms with E-state index in [1.165, 1.54) is 11.8 Å². The first-order valence-corrected chi connectivity index (χ1v) is 6.87. The molecule has 21 heavy (non-hydrogen) atoms. The molecule has 1 atom stereocenters. The van der Waals surface area contributed by atoms with E-state index in [1.54, 1.807) is 0 Å². The topological polar surface area (TPSA) is 86.7 Å². The number of rotatable bonds is 4. The van der Waals surface area contributed by atoms with Crippen LogP contribution >= 0.6 is 0 Å². The van der Waals surface area contributed by atoms with Gasteiger partial charge in [0.25, 0.3) is 0 Å². The summed E-state index contributed by atoms with van der Waals surface area (Å²) in [5.41, 5.74) is 1.76. The zero-order valence-electron chi connectivity index (χ0n) is 11.8. The molecular formula is C15H18N2O4. The van der Waals surface area contributed by atoms with Gasteiger partial charge in [0.1, 0.15) is 6.04 Å². The number of para-hydroxylation sites is 1. The highest BCUT2D eigenvalue weighted by Gasteiger charge is 2.28. The van der Waals surface area contributed by atoms with Crippen LogP contribution in [-0.4, -0.2) is 35.5 Å². The Balaban J connectivity index is 2.29. The summed E-state index contributed by atoms with van der Waals surface area (Å²) >= 11 is 0. The predicted molar refractivity (Wildman–Crippen MR) is 77.0 cm³/mol. The van der Waals surface area contributed by atoms with Crippen LogP contribution < -0.4 is 10.2 Å². The average Bonchev–Trinajstić information content (AvgIpc) is 2.57. The molecule has 0 radical (unpaired) electrons. The van der Waals surface area contributed by atoms with Crippen molar-refractivity contribution in [3.8, 4) is 0 Å². The fourth-order valence-corrected chi connectivity index (χ4v) is 2.50. The lowest BCUT2D eigenvalue weighted by atomic mass is 10.1. The van der Waals surface area contributed by atoms with E-state index in [-0.39, 0.29) is 12.5 Å². The molecule has 0 saturated heterocycles. The van der Waals surface area contributed by atoms with Crippen LogP contribution in [0.15, 0.2) is 24.3 Å². The van der Waals surface area contributed by atoms with Crippen molar-refractivity contribution < 1.29 is 19.5 Å². The van der Waals surface area contributed by atoms with Gasteiger partial charge in [-0.1, -0.05) is 18.2 Å². The van der Waals surface area contributed by atoms with Crippen molar-refractivity contribution in [2.75, 3.05) is 11.4 Å². The summed E-state index contributed by atoms with van der Waals surface area (Å²) in [5.74, 6) is -1.70. The Kier molecular flexibility index (Phi) is 4.57. The van der Waals surface area contributed by atoms with Crippen LogP contribution in [0.3, 0.4) is 0 Å². The van der Waals surface area contributed by atoms with Crippen molar-refractivity contribution in [3.05, 3.63) is 29.8 Å². The van der Waals surface area contributed by atoms with Crippen LogP contribution in [0.5, 0.6) is 0 Å². The zero-order chi connectivity index (χ0) is 15.4. The Morgan fingerprint density at radius 3 is 2.71 bits per heavy atom. The minimum Gasteiger partial charge on any atom is -0.480 e. The van der Waals surface area contributed by atoms with Gasteiger partial charge < -0.3 is 15.3 Å². The van der Waals surface area contributed by atoms with Crippen molar-refractivity contribution in [3.63, 3.8) is 0 Å². The van der Waals surface area contributed by atoms with Gasteiger partial charge in [-0.3, -0.25) is 9.59 Å². The first-order valence-electron chi connectivity index (χ1n) is 6.87. The molecule has 0 aromatic heterocycles. The Morgan fingerprint density at radius 2 is 2.05 bits per heavy atom. The van der Waals surface area contributed by atoms with Gasteiger partial charge in [-0.25, -0.2) is 4.79 Å². The Bertz CT molecular complexity index is 571. The van der Waals surface area contributed by atoms with Crippen molar-refractivity contribution in [2.24, 2.45) is 0 Å². The van der Waals surface area contributed by atoms with E-state index >= 15 is 0 Å². The average molecular weight is 290 g/mol. The number of anilines is 1. The maximum absolute atomic E-state index is 12.2. The Hall–Kier alpha value is -2.37. The smallest absolute Gasteiger partial charge is 0.328 e. The molecule has 112 valence electrons. The quantitative estimate of drug-likeness (QED) is 0.864. The maximum atomic E-state index is 12.2. The summed E-state index contributed by atoms with van der Waals surface area (Å²) in [5, 5.41) is 11.6. The summed E-state index contributed by atoms with van der Waals surface area (Å²) in [6.45, 7) is 1.19. The highest BCUT2D eigenvalue weighted by Crippen LogP contribution is 2.26. The lowest BCUT2D eigenvalue weighted by Crippen LogP contribution is -2.49. The molecule has 0 bridgehead atoms. The second-order valence-corrected chi connectivity index (χ2v) is 5.08. The summed E-state index contributed by atoms with van der Waals surface area (Å²) in [7, 11) is 0. The number of nitrogens with one attached hydrogen (secondary N) is 1. The molecule has 6 heteroatoms. The number of carbonyl (C=O) groups excluding carboxylic acids is 2. The molecule has 2 N–H and O–H groups in total. The molecule has 0 fully saturated rings. The summed E-state index contributed by atoms with van der Waals surface area (Å²) in [6.07, 6.45) is 1.90. The van der Waals surface area contributed by atoms with Crippen molar-refractivity contribution >= 4 is 23.5 Å². The number of amides is 2. The number of hydrogen-bond acceptors (Lipinski definition) is 3. The minimum atomic E-state index is -1.15. The highest BCUT2D eigenvalue weighted by molar-refractivity contribution is 5.96. The molecule has 6 nitrogen and oxygen atoms in total. The van der Waals surface area contributed by atoms with Gasteiger partial charge in [0, 0.05) is 19.0 Å². The number of fused-ring (bicyclic) bond motifs is 1. The standard InChI is InChI=1S/C15H18N2O4/c1-10(18)16-12(15(20)21)9-17-13-7-3-2-5-11(13)6-4-8-14(17)19/h2-3,5,7,12H,4,6,8-9H2,1H3,(H,16,18)(H,20,21). The third-order valence-corrected chi connectivity index (χ3v) is 3.46. The van der Waals surface area contributed by atoms with E-state index in [4.69, 9.17) is 0 Å². The molecule has 2 amide bonds. The number of nitrogens with zero attached hydrogens (tertiary/aromatic N) is 1. The third-order valence-electron chi connectivity index (χ3n) is 3.46. The second-order valence-electron chi connectivity index (χ2n) is 5.08. The van der Waals surface area contributed by atoms with E-state index in [1.807, 2.05) is 24.3 Å². The number of carboxylic acid groups (broad SMARTS) is 1. The summed E-state index contributed by atoms with van der Waals surface area (Å²) in [4.78, 5) is 36.1. The molecule has 1 unspecified atom stereocenters. The van der Waals surface area contributed by atoms with Gasteiger partial charge in [0.15, 0.2) is 0 Å². The van der Waals surface area contributed by atoms with E-state index in [0.29, 0.717) is 6.42 Å². The molecule has 1 heterocycles. The van der Waals surface area contributed by atoms with Gasteiger partial charge in [0.2, 0.25) is 11.8 Å². The number of aliphatic carboxylic acids is 1. The van der Waals surface area contributed by atoms with E-state index in [2.05, 4.69) is 5.32 Å². The first kappa shape index (κ1) is 15.0. The van der Waals surface area contributed by atoms with E-state index in [9.17, 15) is 19.5 Å². The monoisotopic (exact) mass is 290 g/mol. The number of benzene rings is 1. The van der Waals surface area contributed by atoms with Gasteiger partial charge in [-0.2, -0.15) is 0 Å². The number of hydrogen-bond donors (Lipinski definition) is 2. The van der Waals surface area contributed by atoms with Crippen LogP contribution in [0.25, 0.3) is 0 Å². The third kappa shape index (κ3) is 3.59. The van der Waals surface area contributed by atoms with Crippen LogP contribution in [-0.2, 0) is 20.8 Å². The molecule has 2 rings (SSSR count). The molecular weight excluding hydrogens is 272 g/mol. The number of carbonyl (C=O) groups is 3. The predicted octanol–water partition coefficient (Wildman–Crippen LogP) is 0.945. The lowest BCUT2D eigenvalue weighted by molar-refractivity contribution is -0.141. The summed E-state index contributed by atoms with van der Waals surface area (Å²) in [6, 6.07) is 6.35. The Labute approximate surface area is 122 Å². The van der Waals surface area contributed by atoms with Crippen LogP contribution in [0, 0.1) is 0 Å². The molecule has 1 aromatic carbocycles. The van der Waals surface area contributed by atoms with Crippen molar-refractivity contribution in [1.29, 1.82) is 0 Å². The van der Waals surface area contributed by atoms with Gasteiger partial charge in [-0.05, 0) is 24.5 Å². The van der Waals surface area contributed by atoms with Crippen LogP contribution in [0.4, 0.5) is 5.69 Å². The van der Waals surface area contributed by atoms with E-state index in [0.717, 1.165) is 24.1 Å². The fourth-order valence-electron chi connectivity index (χ4n) is 2.50. The van der Waals surface area contributed by atoms with Crippen LogP contribution in [0.1, 0.15) is 25.3 Å². The summed E-state index contributed by atoms with van der Waals surface area (Å²) < 4.78 is 0. The lowest BCUT2D eigenvalue weighted by Gasteiger charge is -2.26. The molecule has 1 aliphatic heterocycles. The van der Waals surface area contributed by atoms with Gasteiger partial charge in [0.05, 0.1) is 6.54 Å². The first-order chi connectivity index (χ1) is 9.99. The second kappa shape index (κ2) is 6.39. The normalized spacial score (nSPS) is 15.9. The zero-order valence-corrected chi connectivity index (χ0v) is 11.8. The molecule has 0 saturated carbocycles. The van der Waals surface area contributed by atoms with Crippen LogP contribution in [0.2, 0.25) is 0 Å². The van der Waals surface area contributed by atoms with E-state index < -0.39 is 17.9 Å². The van der Waals surface area contributed by atoms with Crippen molar-refractivity contribution in [2.45, 2.75) is 32.2 Å². The molecule has 1 aliphatic rings. The van der Waals surface area contributed by atoms with Gasteiger partial charge >= 0.3 is 5.97 Å². The molecule has 0 spiro atoms. The SMILES string of the molecule is CC(=O)NC(CN1C(=O)CCCc2ccccc21)C(=O)O. The van der Waals surface area contributed by atoms with Gasteiger partial charge in [-0.15, -0.1) is 0 Å². The molecule has 1 aromatic rings.